The van der Waals surface area contributed by atoms with E-state index in [-0.39, 0.29) is 30.5 Å². The van der Waals surface area contributed by atoms with E-state index in [0.717, 1.165) is 38.9 Å². The van der Waals surface area contributed by atoms with Crippen LogP contribution in [-0.4, -0.2) is 75.4 Å². The van der Waals surface area contributed by atoms with Crippen molar-refractivity contribution in [2.24, 2.45) is 0 Å². The zero-order valence-corrected chi connectivity index (χ0v) is 19.0. The Morgan fingerprint density at radius 2 is 2.06 bits per heavy atom. The number of likely N-dealkylation sites (tertiary alicyclic amines) is 1. The molecule has 1 amide bonds. The number of aliphatic hydroxyl groups is 1. The van der Waals surface area contributed by atoms with Gasteiger partial charge in [0.2, 0.25) is 5.91 Å². The average molecular weight is 460 g/mol. The molecule has 8 nitrogen and oxygen atoms in total. The zero-order valence-electron chi connectivity index (χ0n) is 19.0. The van der Waals surface area contributed by atoms with Crippen LogP contribution in [0.4, 0.5) is 4.39 Å². The van der Waals surface area contributed by atoms with Crippen molar-refractivity contribution in [3.63, 3.8) is 0 Å². The zero-order chi connectivity index (χ0) is 23.0. The predicted octanol–water partition coefficient (Wildman–Crippen LogP) is 2.38. The number of ether oxygens (including phenoxy) is 1. The van der Waals surface area contributed by atoms with Gasteiger partial charge in [-0.1, -0.05) is 23.8 Å². The molecule has 0 bridgehead atoms. The lowest BCUT2D eigenvalue weighted by atomic mass is 9.97. The number of carbonyl (C=O) groups excluding carboxylic acids is 1. The van der Waals surface area contributed by atoms with Crippen LogP contribution in [0.5, 0.6) is 0 Å². The lowest BCUT2D eigenvalue weighted by molar-refractivity contribution is -0.129. The first-order valence-electron chi connectivity index (χ1n) is 12.0. The van der Waals surface area contributed by atoms with Gasteiger partial charge >= 0.3 is 0 Å². The Morgan fingerprint density at radius 3 is 2.85 bits per heavy atom. The summed E-state index contributed by atoms with van der Waals surface area (Å²) in [5, 5.41) is 21.2. The number of nitrogens with one attached hydrogen (secondary N) is 1. The molecule has 9 heteroatoms. The maximum atomic E-state index is 13.4. The van der Waals surface area contributed by atoms with Gasteiger partial charge in [0.1, 0.15) is 17.6 Å². The van der Waals surface area contributed by atoms with Gasteiger partial charge in [0.25, 0.3) is 0 Å². The first kappa shape index (κ1) is 23.8. The molecule has 0 saturated carbocycles. The third-order valence-corrected chi connectivity index (χ3v) is 6.58. The molecule has 0 spiro atoms. The topological polar surface area (TPSA) is 92.5 Å². The fraction of sp³-hybridized carbons (Fsp3) is 0.625. The van der Waals surface area contributed by atoms with Crippen LogP contribution in [0.2, 0.25) is 0 Å². The molecule has 3 heterocycles. The van der Waals surface area contributed by atoms with E-state index in [2.05, 4.69) is 20.5 Å². The molecule has 2 aromatic rings. The molecule has 2 saturated heterocycles. The summed E-state index contributed by atoms with van der Waals surface area (Å²) in [6.45, 7) is 3.44. The second-order valence-electron chi connectivity index (χ2n) is 9.05. The minimum absolute atomic E-state index is 0.0227. The number of piperidine rings is 1. The van der Waals surface area contributed by atoms with Gasteiger partial charge in [-0.25, -0.2) is 4.39 Å². The van der Waals surface area contributed by atoms with Crippen molar-refractivity contribution in [2.75, 3.05) is 26.2 Å². The van der Waals surface area contributed by atoms with Crippen LogP contribution < -0.4 is 5.32 Å². The number of benzene rings is 1. The van der Waals surface area contributed by atoms with Crippen molar-refractivity contribution in [2.45, 2.75) is 69.7 Å². The average Bonchev–Trinajstić information content (AvgIpc) is 3.32. The molecule has 0 unspecified atom stereocenters. The maximum absolute atomic E-state index is 13.4. The van der Waals surface area contributed by atoms with E-state index < -0.39 is 6.10 Å². The first-order chi connectivity index (χ1) is 16.1. The molecule has 1 aromatic carbocycles. The highest BCUT2D eigenvalue weighted by Gasteiger charge is 2.31. The number of hydrogen-bond donors (Lipinski definition) is 2. The number of aryl methyl sites for hydroxylation is 1. The summed E-state index contributed by atoms with van der Waals surface area (Å²) in [4.78, 5) is 14.8. The molecular formula is C24H34FN5O3. The van der Waals surface area contributed by atoms with Gasteiger partial charge in [-0.2, -0.15) is 0 Å². The highest BCUT2D eigenvalue weighted by Crippen LogP contribution is 2.23. The largest absolute Gasteiger partial charge is 0.394 e. The lowest BCUT2D eigenvalue weighted by Gasteiger charge is -2.36. The van der Waals surface area contributed by atoms with E-state index in [4.69, 9.17) is 4.74 Å². The van der Waals surface area contributed by atoms with E-state index >= 15 is 0 Å². The highest BCUT2D eigenvalue weighted by molar-refractivity contribution is 5.76. The van der Waals surface area contributed by atoms with Crippen molar-refractivity contribution in [1.82, 2.24) is 25.2 Å². The van der Waals surface area contributed by atoms with Crippen molar-refractivity contribution in [3.05, 3.63) is 36.3 Å². The van der Waals surface area contributed by atoms with Gasteiger partial charge in [-0.15, -0.1) is 5.10 Å². The van der Waals surface area contributed by atoms with Crippen LogP contribution in [-0.2, 0) is 16.1 Å². The van der Waals surface area contributed by atoms with Gasteiger partial charge in [-0.3, -0.25) is 9.48 Å². The number of carbonyl (C=O) groups is 1. The smallest absolute Gasteiger partial charge is 0.221 e. The summed E-state index contributed by atoms with van der Waals surface area (Å²) in [5.74, 6) is -0.278. The number of aliphatic hydroxyl groups excluding tert-OH is 1. The van der Waals surface area contributed by atoms with E-state index in [1.807, 2.05) is 0 Å². The molecule has 33 heavy (non-hydrogen) atoms. The molecule has 180 valence electrons. The molecule has 2 aliphatic heterocycles. The fourth-order valence-corrected chi connectivity index (χ4v) is 4.69. The highest BCUT2D eigenvalue weighted by atomic mass is 19.1. The molecule has 2 fully saturated rings. The summed E-state index contributed by atoms with van der Waals surface area (Å²) in [6, 6.07) is 6.12. The molecular weight excluding hydrogens is 425 g/mol. The van der Waals surface area contributed by atoms with Gasteiger partial charge in [0.05, 0.1) is 24.9 Å². The summed E-state index contributed by atoms with van der Waals surface area (Å²) >= 11 is 0. The Kier molecular flexibility index (Phi) is 8.41. The van der Waals surface area contributed by atoms with Gasteiger partial charge in [0.15, 0.2) is 0 Å². The van der Waals surface area contributed by atoms with Gasteiger partial charge in [0, 0.05) is 25.1 Å². The van der Waals surface area contributed by atoms with Crippen LogP contribution in [0.15, 0.2) is 30.5 Å². The second kappa shape index (κ2) is 11.7. The first-order valence-corrected chi connectivity index (χ1v) is 12.0. The van der Waals surface area contributed by atoms with Crippen LogP contribution in [0.1, 0.15) is 44.9 Å². The molecule has 4 rings (SSSR count). The predicted molar refractivity (Wildman–Crippen MR) is 122 cm³/mol. The second-order valence-corrected chi connectivity index (χ2v) is 9.05. The van der Waals surface area contributed by atoms with Crippen molar-refractivity contribution >= 4 is 5.91 Å². The number of rotatable bonds is 9. The number of amides is 1. The Balaban J connectivity index is 1.21. The van der Waals surface area contributed by atoms with E-state index in [1.54, 1.807) is 23.0 Å². The van der Waals surface area contributed by atoms with Crippen molar-refractivity contribution < 1.29 is 19.0 Å². The fourth-order valence-electron chi connectivity index (χ4n) is 4.69. The summed E-state index contributed by atoms with van der Waals surface area (Å²) in [5.41, 5.74) is 1.31. The number of hydrogen-bond acceptors (Lipinski definition) is 6. The van der Waals surface area contributed by atoms with E-state index in [0.29, 0.717) is 24.2 Å². The molecule has 0 radical (unpaired) electrons. The van der Waals surface area contributed by atoms with Crippen LogP contribution in [0.25, 0.3) is 11.3 Å². The molecule has 2 N–H and O–H groups in total. The SMILES string of the molecule is O=C(CCN1CCCCC1)N[C@@H]1CC[C@H](CCn2cc(-c3cccc(F)c3)nn2)O[C@H]1CO. The van der Waals surface area contributed by atoms with Crippen LogP contribution in [0, 0.1) is 5.82 Å². The minimum Gasteiger partial charge on any atom is -0.394 e. The number of nitrogens with zero attached hydrogens (tertiary/aromatic N) is 4. The normalized spacial score (nSPS) is 24.0. The Hall–Kier alpha value is -2.36. The molecule has 3 atom stereocenters. The van der Waals surface area contributed by atoms with Crippen molar-refractivity contribution in [3.8, 4) is 11.3 Å². The molecule has 2 aliphatic rings. The quantitative estimate of drug-likeness (QED) is 0.598. The molecule has 1 aromatic heterocycles. The Morgan fingerprint density at radius 1 is 1.21 bits per heavy atom. The van der Waals surface area contributed by atoms with Crippen molar-refractivity contribution in [1.29, 1.82) is 0 Å². The molecule has 0 aliphatic carbocycles. The Labute approximate surface area is 194 Å². The van der Waals surface area contributed by atoms with Crippen LogP contribution >= 0.6 is 0 Å². The summed E-state index contributed by atoms with van der Waals surface area (Å²) in [7, 11) is 0. The van der Waals surface area contributed by atoms with Gasteiger partial charge < -0.3 is 20.1 Å². The minimum atomic E-state index is -0.402. The standard InChI is InChI=1S/C24H34FN5O3/c25-19-6-4-5-18(15-19)22-16-30(28-27-22)14-9-20-7-8-21(23(17-31)33-20)26-24(32)10-13-29-11-2-1-3-12-29/h4-6,15-16,20-21,23,31H,1-3,7-14,17H2,(H,26,32)/t20-,21-,23+/m1/s1. The Bertz CT molecular complexity index is 902. The summed E-state index contributed by atoms with van der Waals surface area (Å²) < 4.78 is 21.3. The maximum Gasteiger partial charge on any atom is 0.221 e. The van der Waals surface area contributed by atoms with Crippen LogP contribution in [0.3, 0.4) is 0 Å². The number of aromatic nitrogens is 3. The van der Waals surface area contributed by atoms with Gasteiger partial charge in [-0.05, 0) is 57.3 Å². The van der Waals surface area contributed by atoms with E-state index in [9.17, 15) is 14.3 Å². The third kappa shape index (κ3) is 6.82. The van der Waals surface area contributed by atoms with E-state index in [1.165, 1.54) is 31.4 Å². The summed E-state index contributed by atoms with van der Waals surface area (Å²) in [6.07, 6.45) is 7.87. The lowest BCUT2D eigenvalue weighted by Crippen LogP contribution is -2.51. The third-order valence-electron chi connectivity index (χ3n) is 6.58. The monoisotopic (exact) mass is 459 g/mol. The number of halogens is 1.